The van der Waals surface area contributed by atoms with Gasteiger partial charge in [0.25, 0.3) is 5.92 Å². The molecule has 0 aliphatic carbocycles. The SMILES string of the molecule is FC(F)(c1cccc(Br)c1)C1CCN1. The van der Waals surface area contributed by atoms with Crippen LogP contribution in [0.5, 0.6) is 0 Å². The van der Waals surface area contributed by atoms with Crippen LogP contribution in [0.25, 0.3) is 0 Å². The smallest absolute Gasteiger partial charge is 0.288 e. The van der Waals surface area contributed by atoms with Gasteiger partial charge in [-0.1, -0.05) is 28.1 Å². The third-order valence-corrected chi connectivity index (χ3v) is 2.96. The first-order valence-corrected chi connectivity index (χ1v) is 5.27. The maximum Gasteiger partial charge on any atom is 0.288 e. The summed E-state index contributed by atoms with van der Waals surface area (Å²) in [7, 11) is 0. The number of hydrogen-bond acceptors (Lipinski definition) is 1. The van der Waals surface area contributed by atoms with Crippen LogP contribution in [-0.4, -0.2) is 12.6 Å². The molecule has 0 spiro atoms. The number of nitrogens with one attached hydrogen (secondary N) is 1. The highest BCUT2D eigenvalue weighted by Gasteiger charge is 2.44. The van der Waals surface area contributed by atoms with Crippen LogP contribution < -0.4 is 5.32 Å². The van der Waals surface area contributed by atoms with Crippen LogP contribution in [0.2, 0.25) is 0 Å². The minimum atomic E-state index is -2.76. The summed E-state index contributed by atoms with van der Waals surface area (Å²) in [5.41, 5.74) is 0.0732. The van der Waals surface area contributed by atoms with E-state index in [0.717, 1.165) is 0 Å². The van der Waals surface area contributed by atoms with Crippen molar-refractivity contribution in [3.63, 3.8) is 0 Å². The van der Waals surface area contributed by atoms with E-state index >= 15 is 0 Å². The number of hydrogen-bond donors (Lipinski definition) is 1. The Morgan fingerprint density at radius 3 is 2.64 bits per heavy atom. The van der Waals surface area contributed by atoms with Gasteiger partial charge in [-0.15, -0.1) is 0 Å². The lowest BCUT2D eigenvalue weighted by Crippen LogP contribution is -2.53. The Labute approximate surface area is 89.6 Å². The van der Waals surface area contributed by atoms with Gasteiger partial charge in [-0.05, 0) is 25.1 Å². The van der Waals surface area contributed by atoms with Gasteiger partial charge < -0.3 is 5.32 Å². The van der Waals surface area contributed by atoms with Crippen LogP contribution in [-0.2, 0) is 5.92 Å². The molecule has 1 fully saturated rings. The number of benzene rings is 1. The van der Waals surface area contributed by atoms with E-state index in [1.807, 2.05) is 0 Å². The van der Waals surface area contributed by atoms with E-state index in [4.69, 9.17) is 0 Å². The first kappa shape index (κ1) is 10.1. The molecule has 1 aromatic rings. The largest absolute Gasteiger partial charge is 0.308 e. The van der Waals surface area contributed by atoms with Gasteiger partial charge in [-0.3, -0.25) is 0 Å². The highest BCUT2D eigenvalue weighted by Crippen LogP contribution is 2.36. The molecule has 0 bridgehead atoms. The topological polar surface area (TPSA) is 12.0 Å². The van der Waals surface area contributed by atoms with Gasteiger partial charge in [0.05, 0.1) is 6.04 Å². The standard InChI is InChI=1S/C10H10BrF2N/c11-8-3-1-2-7(6-8)10(12,13)9-4-5-14-9/h1-3,6,9,14H,4-5H2. The highest BCUT2D eigenvalue weighted by molar-refractivity contribution is 9.10. The average Bonchev–Trinajstić information content (AvgIpc) is 2.00. The van der Waals surface area contributed by atoms with Crippen LogP contribution in [0, 0.1) is 0 Å². The summed E-state index contributed by atoms with van der Waals surface area (Å²) in [5, 5.41) is 2.74. The molecule has 1 unspecified atom stereocenters. The van der Waals surface area contributed by atoms with E-state index in [2.05, 4.69) is 21.2 Å². The fraction of sp³-hybridized carbons (Fsp3) is 0.400. The molecule has 1 atom stereocenters. The molecule has 2 rings (SSSR count). The lowest BCUT2D eigenvalue weighted by molar-refractivity contribution is -0.0646. The van der Waals surface area contributed by atoms with Gasteiger partial charge in [0.15, 0.2) is 0 Å². The van der Waals surface area contributed by atoms with Crippen molar-refractivity contribution in [3.8, 4) is 0 Å². The Morgan fingerprint density at radius 2 is 2.14 bits per heavy atom. The molecule has 1 aromatic carbocycles. The van der Waals surface area contributed by atoms with Gasteiger partial charge in [-0.2, -0.15) is 8.78 Å². The van der Waals surface area contributed by atoms with Crippen molar-refractivity contribution in [2.45, 2.75) is 18.4 Å². The van der Waals surface area contributed by atoms with E-state index in [-0.39, 0.29) is 5.56 Å². The van der Waals surface area contributed by atoms with Gasteiger partial charge in [0, 0.05) is 10.0 Å². The molecule has 1 aliphatic rings. The van der Waals surface area contributed by atoms with E-state index < -0.39 is 12.0 Å². The van der Waals surface area contributed by atoms with Crippen LogP contribution in [0.3, 0.4) is 0 Å². The van der Waals surface area contributed by atoms with E-state index in [9.17, 15) is 8.78 Å². The molecule has 1 saturated heterocycles. The van der Waals surface area contributed by atoms with Crippen molar-refractivity contribution >= 4 is 15.9 Å². The molecule has 1 N–H and O–H groups in total. The van der Waals surface area contributed by atoms with Gasteiger partial charge >= 0.3 is 0 Å². The molecular weight excluding hydrogens is 252 g/mol. The van der Waals surface area contributed by atoms with Crippen LogP contribution in [0.15, 0.2) is 28.7 Å². The first-order chi connectivity index (χ1) is 6.60. The maximum absolute atomic E-state index is 13.7. The van der Waals surface area contributed by atoms with E-state index in [1.54, 1.807) is 12.1 Å². The zero-order chi connectivity index (χ0) is 10.2. The second-order valence-corrected chi connectivity index (χ2v) is 4.34. The van der Waals surface area contributed by atoms with E-state index in [0.29, 0.717) is 17.4 Å². The summed E-state index contributed by atoms with van der Waals surface area (Å²) in [6.45, 7) is 0.689. The monoisotopic (exact) mass is 261 g/mol. The zero-order valence-corrected chi connectivity index (χ0v) is 9.02. The molecule has 0 aromatic heterocycles. The molecule has 4 heteroatoms. The van der Waals surface area contributed by atoms with E-state index in [1.165, 1.54) is 12.1 Å². The highest BCUT2D eigenvalue weighted by atomic mass is 79.9. The molecule has 0 radical (unpaired) electrons. The Bertz CT molecular complexity index is 337. The Balaban J connectivity index is 2.28. The fourth-order valence-electron chi connectivity index (χ4n) is 1.50. The predicted molar refractivity (Wildman–Crippen MR) is 54.4 cm³/mol. The summed E-state index contributed by atoms with van der Waals surface area (Å²) in [6, 6.07) is 5.61. The molecule has 0 amide bonds. The molecule has 14 heavy (non-hydrogen) atoms. The van der Waals surface area contributed by atoms with Crippen molar-refractivity contribution in [2.75, 3.05) is 6.54 Å². The summed E-state index contributed by atoms with van der Waals surface area (Å²) < 4.78 is 28.1. The number of halogens is 3. The van der Waals surface area contributed by atoms with Crippen molar-refractivity contribution < 1.29 is 8.78 Å². The van der Waals surface area contributed by atoms with Gasteiger partial charge in [-0.25, -0.2) is 0 Å². The fourth-order valence-corrected chi connectivity index (χ4v) is 1.89. The molecule has 0 saturated carbocycles. The normalized spacial score (nSPS) is 21.8. The van der Waals surface area contributed by atoms with Crippen molar-refractivity contribution in [1.29, 1.82) is 0 Å². The van der Waals surface area contributed by atoms with Crippen LogP contribution in [0.1, 0.15) is 12.0 Å². The van der Waals surface area contributed by atoms with Gasteiger partial charge in [0.2, 0.25) is 0 Å². The van der Waals surface area contributed by atoms with Crippen molar-refractivity contribution in [2.24, 2.45) is 0 Å². The molecule has 1 heterocycles. The summed E-state index contributed by atoms with van der Waals surface area (Å²) in [4.78, 5) is 0. The van der Waals surface area contributed by atoms with Crippen molar-refractivity contribution in [1.82, 2.24) is 5.32 Å². The second kappa shape index (κ2) is 3.59. The minimum Gasteiger partial charge on any atom is -0.308 e. The van der Waals surface area contributed by atoms with Crippen LogP contribution in [0.4, 0.5) is 8.78 Å². The maximum atomic E-state index is 13.7. The molecule has 1 nitrogen and oxygen atoms in total. The average molecular weight is 262 g/mol. The lowest BCUT2D eigenvalue weighted by atomic mass is 9.94. The second-order valence-electron chi connectivity index (χ2n) is 3.43. The molecular formula is C10H10BrF2N. The molecule has 1 aliphatic heterocycles. The first-order valence-electron chi connectivity index (χ1n) is 4.48. The summed E-state index contributed by atoms with van der Waals surface area (Å²) in [6.07, 6.45) is 0.541. The molecule has 76 valence electrons. The van der Waals surface area contributed by atoms with Gasteiger partial charge in [0.1, 0.15) is 0 Å². The van der Waals surface area contributed by atoms with Crippen molar-refractivity contribution in [3.05, 3.63) is 34.3 Å². The third-order valence-electron chi connectivity index (χ3n) is 2.47. The zero-order valence-electron chi connectivity index (χ0n) is 7.43. The Hall–Kier alpha value is -0.480. The Kier molecular flexibility index (Phi) is 2.58. The predicted octanol–water partition coefficient (Wildman–Crippen LogP) is 2.90. The van der Waals surface area contributed by atoms with Crippen LogP contribution >= 0.6 is 15.9 Å². The minimum absolute atomic E-state index is 0.0732. The summed E-state index contributed by atoms with van der Waals surface area (Å²) >= 11 is 3.19. The lowest BCUT2D eigenvalue weighted by Gasteiger charge is -2.35. The summed E-state index contributed by atoms with van der Waals surface area (Å²) in [5.74, 6) is -2.76. The quantitative estimate of drug-likeness (QED) is 0.864. The third kappa shape index (κ3) is 1.68. The number of rotatable bonds is 2. The Morgan fingerprint density at radius 1 is 1.43 bits per heavy atom. The number of alkyl halides is 2.